The SMILES string of the molecule is C[C@H]1C2=CNN(c3ccc(F)cc3)C2=CC2=C1[C@@H](CN(CC#N)S(=O)(=O)c1ccc(Oc3ccccn3)cc1)CC2. The first-order valence-electron chi connectivity index (χ1n) is 13.4. The van der Waals surface area contributed by atoms with Crippen molar-refractivity contribution in [2.45, 2.75) is 24.7 Å². The van der Waals surface area contributed by atoms with Crippen molar-refractivity contribution in [2.24, 2.45) is 11.8 Å². The number of nitriles is 1. The molecule has 1 N–H and O–H groups in total. The Kier molecular flexibility index (Phi) is 7.07. The normalized spacial score (nSPS) is 19.7. The second-order valence-electron chi connectivity index (χ2n) is 10.2. The third-order valence-electron chi connectivity index (χ3n) is 7.78. The van der Waals surface area contributed by atoms with Gasteiger partial charge in [-0.25, -0.2) is 17.8 Å². The minimum absolute atomic E-state index is 0.0199. The minimum Gasteiger partial charge on any atom is -0.439 e. The number of hydrogen-bond acceptors (Lipinski definition) is 7. The molecule has 0 spiro atoms. The number of sulfonamides is 1. The van der Waals surface area contributed by atoms with Crippen molar-refractivity contribution in [1.29, 1.82) is 5.26 Å². The van der Waals surface area contributed by atoms with Gasteiger partial charge in [-0.1, -0.05) is 18.6 Å². The number of fused-ring (bicyclic) bond motifs is 1. The number of ether oxygens (including phenoxy) is 1. The third-order valence-corrected chi connectivity index (χ3v) is 9.61. The van der Waals surface area contributed by atoms with E-state index in [1.165, 1.54) is 39.7 Å². The Bertz CT molecular complexity index is 1700. The molecule has 0 radical (unpaired) electrons. The van der Waals surface area contributed by atoms with E-state index in [-0.39, 0.29) is 35.6 Å². The molecule has 0 unspecified atom stereocenters. The molecule has 2 heterocycles. The Labute approximate surface area is 238 Å². The third kappa shape index (κ3) is 5.10. The summed E-state index contributed by atoms with van der Waals surface area (Å²) >= 11 is 0. The summed E-state index contributed by atoms with van der Waals surface area (Å²) in [5, 5.41) is 11.5. The van der Waals surface area contributed by atoms with Crippen LogP contribution in [0.3, 0.4) is 0 Å². The van der Waals surface area contributed by atoms with E-state index in [1.807, 2.05) is 17.3 Å². The molecule has 208 valence electrons. The fourth-order valence-electron chi connectivity index (χ4n) is 5.84. The van der Waals surface area contributed by atoms with Gasteiger partial charge in [-0.15, -0.1) is 0 Å². The zero-order chi connectivity index (χ0) is 28.6. The molecule has 0 saturated heterocycles. The number of halogens is 1. The lowest BCUT2D eigenvalue weighted by atomic mass is 9.80. The lowest BCUT2D eigenvalue weighted by Crippen LogP contribution is -2.36. The van der Waals surface area contributed by atoms with Crippen molar-refractivity contribution < 1.29 is 17.5 Å². The number of nitrogens with zero attached hydrogens (tertiary/aromatic N) is 4. The Morgan fingerprint density at radius 3 is 2.63 bits per heavy atom. The van der Waals surface area contributed by atoms with Crippen molar-refractivity contribution in [3.8, 4) is 17.7 Å². The monoisotopic (exact) mass is 569 g/mol. The van der Waals surface area contributed by atoms with Crippen LogP contribution in [0, 0.1) is 29.0 Å². The number of pyridine rings is 1. The largest absolute Gasteiger partial charge is 0.439 e. The molecule has 10 heteroatoms. The van der Waals surface area contributed by atoms with Gasteiger partial charge in [-0.2, -0.15) is 9.57 Å². The fourth-order valence-corrected chi connectivity index (χ4v) is 7.22. The number of anilines is 1. The van der Waals surface area contributed by atoms with Crippen molar-refractivity contribution >= 4 is 15.7 Å². The number of hydrazine groups is 1. The Morgan fingerprint density at radius 2 is 1.93 bits per heavy atom. The summed E-state index contributed by atoms with van der Waals surface area (Å²) in [6, 6.07) is 19.8. The highest BCUT2D eigenvalue weighted by Gasteiger charge is 2.40. The van der Waals surface area contributed by atoms with Crippen LogP contribution in [0.5, 0.6) is 11.6 Å². The zero-order valence-corrected chi connectivity index (χ0v) is 23.2. The summed E-state index contributed by atoms with van der Waals surface area (Å²) in [4.78, 5) is 4.22. The molecule has 6 rings (SSSR count). The van der Waals surface area contributed by atoms with Gasteiger partial charge in [0.15, 0.2) is 0 Å². The molecule has 2 aliphatic carbocycles. The molecular weight excluding hydrogens is 541 g/mol. The molecule has 2 aromatic carbocycles. The Morgan fingerprint density at radius 1 is 1.15 bits per heavy atom. The highest BCUT2D eigenvalue weighted by atomic mass is 32.2. The zero-order valence-electron chi connectivity index (χ0n) is 22.4. The molecule has 3 aliphatic rings. The van der Waals surface area contributed by atoms with Crippen molar-refractivity contribution in [2.75, 3.05) is 18.1 Å². The van der Waals surface area contributed by atoms with E-state index >= 15 is 0 Å². The topological polar surface area (TPSA) is 98.6 Å². The van der Waals surface area contributed by atoms with Crippen LogP contribution in [0.1, 0.15) is 19.8 Å². The van der Waals surface area contributed by atoms with Gasteiger partial charge in [-0.05, 0) is 85.0 Å². The average Bonchev–Trinajstić information content (AvgIpc) is 3.59. The predicted octanol–water partition coefficient (Wildman–Crippen LogP) is 5.68. The molecular formula is C31H28FN5O3S. The van der Waals surface area contributed by atoms with Crippen molar-refractivity contribution in [3.05, 3.63) is 113 Å². The van der Waals surface area contributed by atoms with E-state index in [2.05, 4.69) is 23.4 Å². The van der Waals surface area contributed by atoms with E-state index in [1.54, 1.807) is 48.7 Å². The summed E-state index contributed by atoms with van der Waals surface area (Å²) in [7, 11) is -3.93. The highest BCUT2D eigenvalue weighted by Crippen LogP contribution is 2.48. The Balaban J connectivity index is 1.22. The van der Waals surface area contributed by atoms with Gasteiger partial charge in [-0.3, -0.25) is 5.01 Å². The maximum atomic E-state index is 13.7. The second kappa shape index (κ2) is 10.8. The van der Waals surface area contributed by atoms with Crippen LogP contribution in [-0.2, 0) is 10.0 Å². The smallest absolute Gasteiger partial charge is 0.244 e. The molecule has 0 saturated carbocycles. The van der Waals surface area contributed by atoms with Crippen molar-refractivity contribution in [3.63, 3.8) is 0 Å². The number of allylic oxidation sites excluding steroid dienone is 3. The maximum Gasteiger partial charge on any atom is 0.244 e. The molecule has 1 aliphatic heterocycles. The van der Waals surface area contributed by atoms with Gasteiger partial charge in [0, 0.05) is 36.5 Å². The standard InChI is InChI=1S/C31H28FN5O3S/c1-21-28-19-35-37(25-9-7-24(32)8-10-25)29(28)18-22-5-6-23(31(21)22)20-36(17-15-33)41(38,39)27-13-11-26(12-14-27)40-30-4-2-3-16-34-30/h2-4,7-14,16,18-19,21,23,35H,5-6,17,20H2,1H3/t21-,23+/m0/s1. The first-order valence-corrected chi connectivity index (χ1v) is 14.8. The van der Waals surface area contributed by atoms with E-state index in [9.17, 15) is 18.1 Å². The molecule has 41 heavy (non-hydrogen) atoms. The lowest BCUT2D eigenvalue weighted by molar-refractivity contribution is 0.380. The average molecular weight is 570 g/mol. The van der Waals surface area contributed by atoms with Gasteiger partial charge >= 0.3 is 0 Å². The molecule has 3 aromatic rings. The van der Waals surface area contributed by atoms with Gasteiger partial charge in [0.05, 0.1) is 22.3 Å². The van der Waals surface area contributed by atoms with Gasteiger partial charge in [0.1, 0.15) is 18.1 Å². The van der Waals surface area contributed by atoms with E-state index < -0.39 is 10.0 Å². The van der Waals surface area contributed by atoms with Gasteiger partial charge in [0.2, 0.25) is 15.9 Å². The van der Waals surface area contributed by atoms with Crippen LogP contribution in [0.2, 0.25) is 0 Å². The Hall–Kier alpha value is -4.46. The molecule has 8 nitrogen and oxygen atoms in total. The summed E-state index contributed by atoms with van der Waals surface area (Å²) in [6.45, 7) is 2.11. The number of aromatic nitrogens is 1. The fraction of sp³-hybridized carbons (Fsp3) is 0.226. The minimum atomic E-state index is -3.93. The molecule has 0 amide bonds. The molecule has 0 bridgehead atoms. The van der Waals surface area contributed by atoms with E-state index in [4.69, 9.17) is 4.74 Å². The maximum absolute atomic E-state index is 13.7. The van der Waals surface area contributed by atoms with E-state index in [0.717, 1.165) is 29.8 Å². The van der Waals surface area contributed by atoms with Crippen LogP contribution in [0.25, 0.3) is 0 Å². The van der Waals surface area contributed by atoms with E-state index in [0.29, 0.717) is 11.6 Å². The van der Waals surface area contributed by atoms with Crippen LogP contribution >= 0.6 is 0 Å². The number of benzene rings is 2. The summed E-state index contributed by atoms with van der Waals surface area (Å²) in [5.41, 5.74) is 8.62. The van der Waals surface area contributed by atoms with Crippen LogP contribution in [-0.4, -0.2) is 30.8 Å². The summed E-state index contributed by atoms with van der Waals surface area (Å²) < 4.78 is 47.8. The second-order valence-corrected chi connectivity index (χ2v) is 12.1. The quantitative estimate of drug-likeness (QED) is 0.349. The number of nitrogens with one attached hydrogen (secondary N) is 1. The van der Waals surface area contributed by atoms with Crippen LogP contribution in [0.15, 0.2) is 113 Å². The van der Waals surface area contributed by atoms with Crippen LogP contribution in [0.4, 0.5) is 10.1 Å². The molecule has 0 fully saturated rings. The summed E-state index contributed by atoms with van der Waals surface area (Å²) in [5.74, 6) is 0.624. The summed E-state index contributed by atoms with van der Waals surface area (Å²) in [6.07, 6.45) is 7.33. The molecule has 1 aromatic heterocycles. The molecule has 2 atom stereocenters. The van der Waals surface area contributed by atoms with Crippen molar-refractivity contribution in [1.82, 2.24) is 14.7 Å². The van der Waals surface area contributed by atoms with Crippen LogP contribution < -0.4 is 15.2 Å². The first-order chi connectivity index (χ1) is 19.8. The number of rotatable bonds is 8. The lowest BCUT2D eigenvalue weighted by Gasteiger charge is -2.31. The predicted molar refractivity (Wildman–Crippen MR) is 152 cm³/mol. The van der Waals surface area contributed by atoms with Gasteiger partial charge in [0.25, 0.3) is 0 Å². The highest BCUT2D eigenvalue weighted by molar-refractivity contribution is 7.89. The first kappa shape index (κ1) is 26.7. The number of hydrogen-bond donors (Lipinski definition) is 1. The van der Waals surface area contributed by atoms with Gasteiger partial charge < -0.3 is 10.2 Å².